The lowest BCUT2D eigenvalue weighted by Crippen LogP contribution is -2.35. The molecule has 1 fully saturated rings. The summed E-state index contributed by atoms with van der Waals surface area (Å²) in [4.78, 5) is 2.53. The molecule has 2 heteroatoms. The zero-order valence-corrected chi connectivity index (χ0v) is 18.3. The lowest BCUT2D eigenvalue weighted by Gasteiger charge is -2.32. The van der Waals surface area contributed by atoms with Crippen LogP contribution in [-0.4, -0.2) is 31.1 Å². The van der Waals surface area contributed by atoms with Gasteiger partial charge in [-0.05, 0) is 60.7 Å². The highest BCUT2D eigenvalue weighted by Gasteiger charge is 2.23. The maximum absolute atomic E-state index is 6.05. The SMILES string of the molecule is CC(C)(c1ccccc1)c1ccc(OCCN2CCC(c3ccccc3)CC2)cc1. The molecule has 1 heterocycles. The molecule has 1 saturated heterocycles. The number of likely N-dealkylation sites (tertiary alicyclic amines) is 1. The van der Waals surface area contributed by atoms with E-state index >= 15 is 0 Å². The zero-order valence-electron chi connectivity index (χ0n) is 18.3. The number of nitrogens with zero attached hydrogens (tertiary/aromatic N) is 1. The van der Waals surface area contributed by atoms with Gasteiger partial charge in [0.1, 0.15) is 12.4 Å². The fourth-order valence-electron chi connectivity index (χ4n) is 4.50. The van der Waals surface area contributed by atoms with E-state index in [2.05, 4.69) is 104 Å². The van der Waals surface area contributed by atoms with Gasteiger partial charge in [0, 0.05) is 12.0 Å². The number of benzene rings is 3. The average Bonchev–Trinajstić information content (AvgIpc) is 2.81. The van der Waals surface area contributed by atoms with Crippen LogP contribution in [0.5, 0.6) is 5.75 Å². The predicted octanol–water partition coefficient (Wildman–Crippen LogP) is 6.27. The molecular formula is C28H33NO. The minimum Gasteiger partial charge on any atom is -0.492 e. The van der Waals surface area contributed by atoms with Crippen molar-refractivity contribution in [2.75, 3.05) is 26.2 Å². The average molecular weight is 400 g/mol. The van der Waals surface area contributed by atoms with Crippen LogP contribution >= 0.6 is 0 Å². The zero-order chi connectivity index (χ0) is 20.8. The molecule has 1 aliphatic heterocycles. The van der Waals surface area contributed by atoms with Crippen molar-refractivity contribution in [1.29, 1.82) is 0 Å². The highest BCUT2D eigenvalue weighted by molar-refractivity contribution is 5.39. The van der Waals surface area contributed by atoms with Crippen molar-refractivity contribution in [3.8, 4) is 5.75 Å². The van der Waals surface area contributed by atoms with Crippen molar-refractivity contribution in [2.24, 2.45) is 0 Å². The Bertz CT molecular complexity index is 894. The number of piperidine rings is 1. The van der Waals surface area contributed by atoms with Crippen LogP contribution in [0.4, 0.5) is 0 Å². The number of ether oxygens (including phenoxy) is 1. The summed E-state index contributed by atoms with van der Waals surface area (Å²) in [5.41, 5.74) is 4.12. The van der Waals surface area contributed by atoms with E-state index in [1.165, 1.54) is 29.5 Å². The summed E-state index contributed by atoms with van der Waals surface area (Å²) < 4.78 is 6.05. The van der Waals surface area contributed by atoms with Crippen LogP contribution < -0.4 is 4.74 Å². The van der Waals surface area contributed by atoms with Crippen molar-refractivity contribution >= 4 is 0 Å². The minimum absolute atomic E-state index is 0.0110. The Kier molecular flexibility index (Phi) is 6.54. The van der Waals surface area contributed by atoms with Crippen molar-refractivity contribution in [1.82, 2.24) is 4.90 Å². The minimum atomic E-state index is -0.0110. The van der Waals surface area contributed by atoms with Crippen molar-refractivity contribution in [3.05, 3.63) is 102 Å². The number of hydrogen-bond donors (Lipinski definition) is 0. The van der Waals surface area contributed by atoms with E-state index in [1.54, 1.807) is 0 Å². The normalized spacial score (nSPS) is 15.8. The molecule has 0 aliphatic carbocycles. The van der Waals surface area contributed by atoms with Gasteiger partial charge in [-0.3, -0.25) is 4.90 Å². The third kappa shape index (κ3) is 4.94. The first kappa shape index (κ1) is 20.7. The van der Waals surface area contributed by atoms with E-state index < -0.39 is 0 Å². The summed E-state index contributed by atoms with van der Waals surface area (Å²) in [6, 6.07) is 30.3. The molecule has 0 saturated carbocycles. The molecule has 0 N–H and O–H groups in total. The van der Waals surface area contributed by atoms with Gasteiger partial charge in [0.15, 0.2) is 0 Å². The Balaban J connectivity index is 1.24. The second kappa shape index (κ2) is 9.49. The molecular weight excluding hydrogens is 366 g/mol. The molecule has 3 aromatic carbocycles. The summed E-state index contributed by atoms with van der Waals surface area (Å²) in [6.45, 7) is 8.62. The third-order valence-electron chi connectivity index (χ3n) is 6.61. The van der Waals surface area contributed by atoms with Crippen LogP contribution in [0.3, 0.4) is 0 Å². The highest BCUT2D eigenvalue weighted by atomic mass is 16.5. The summed E-state index contributed by atoms with van der Waals surface area (Å²) in [6.07, 6.45) is 2.49. The largest absolute Gasteiger partial charge is 0.492 e. The van der Waals surface area contributed by atoms with Crippen molar-refractivity contribution in [3.63, 3.8) is 0 Å². The molecule has 1 aliphatic rings. The van der Waals surface area contributed by atoms with E-state index in [0.29, 0.717) is 5.92 Å². The molecule has 0 atom stereocenters. The van der Waals surface area contributed by atoms with Crippen LogP contribution in [0.25, 0.3) is 0 Å². The number of hydrogen-bond acceptors (Lipinski definition) is 2. The fraction of sp³-hybridized carbons (Fsp3) is 0.357. The molecule has 0 spiro atoms. The van der Waals surface area contributed by atoms with E-state index in [1.807, 2.05) is 0 Å². The van der Waals surface area contributed by atoms with Gasteiger partial charge in [-0.2, -0.15) is 0 Å². The molecule has 0 radical (unpaired) electrons. The van der Waals surface area contributed by atoms with E-state index in [9.17, 15) is 0 Å². The second-order valence-electron chi connectivity index (χ2n) is 8.89. The Morgan fingerprint density at radius 2 is 1.33 bits per heavy atom. The van der Waals surface area contributed by atoms with Gasteiger partial charge in [0.05, 0.1) is 0 Å². The van der Waals surface area contributed by atoms with Gasteiger partial charge in [0.25, 0.3) is 0 Å². The summed E-state index contributed by atoms with van der Waals surface area (Å²) in [5, 5.41) is 0. The highest BCUT2D eigenvalue weighted by Crippen LogP contribution is 2.32. The van der Waals surface area contributed by atoms with Crippen molar-refractivity contribution < 1.29 is 4.74 Å². The fourth-order valence-corrected chi connectivity index (χ4v) is 4.50. The summed E-state index contributed by atoms with van der Waals surface area (Å²) >= 11 is 0. The maximum Gasteiger partial charge on any atom is 0.119 e. The lowest BCUT2D eigenvalue weighted by atomic mass is 9.78. The molecule has 156 valence electrons. The Morgan fingerprint density at radius 3 is 1.97 bits per heavy atom. The first-order chi connectivity index (χ1) is 14.6. The quantitative estimate of drug-likeness (QED) is 0.464. The van der Waals surface area contributed by atoms with Gasteiger partial charge >= 0.3 is 0 Å². The van der Waals surface area contributed by atoms with Crippen LogP contribution in [0.1, 0.15) is 49.3 Å². The standard InChI is InChI=1S/C28H33NO/c1-28(2,25-11-7-4-8-12-25)26-13-15-27(16-14-26)30-22-21-29-19-17-24(18-20-29)23-9-5-3-6-10-23/h3-16,24H,17-22H2,1-2H3. The molecule has 0 bridgehead atoms. The maximum atomic E-state index is 6.05. The first-order valence-electron chi connectivity index (χ1n) is 11.2. The Morgan fingerprint density at radius 1 is 0.767 bits per heavy atom. The summed E-state index contributed by atoms with van der Waals surface area (Å²) in [5.74, 6) is 1.67. The monoisotopic (exact) mass is 399 g/mol. The second-order valence-corrected chi connectivity index (χ2v) is 8.89. The van der Waals surface area contributed by atoms with Gasteiger partial charge < -0.3 is 4.74 Å². The van der Waals surface area contributed by atoms with Gasteiger partial charge in [-0.25, -0.2) is 0 Å². The van der Waals surface area contributed by atoms with E-state index in [4.69, 9.17) is 4.74 Å². The molecule has 0 aromatic heterocycles. The van der Waals surface area contributed by atoms with Crippen molar-refractivity contribution in [2.45, 2.75) is 38.0 Å². The molecule has 0 amide bonds. The smallest absolute Gasteiger partial charge is 0.119 e. The molecule has 4 rings (SSSR count). The van der Waals surface area contributed by atoms with Crippen LogP contribution in [0.15, 0.2) is 84.9 Å². The topological polar surface area (TPSA) is 12.5 Å². The lowest BCUT2D eigenvalue weighted by molar-refractivity contribution is 0.173. The molecule has 0 unspecified atom stereocenters. The van der Waals surface area contributed by atoms with Crippen LogP contribution in [0, 0.1) is 0 Å². The molecule has 3 aromatic rings. The Labute approximate surface area is 181 Å². The van der Waals surface area contributed by atoms with E-state index in [0.717, 1.165) is 32.0 Å². The third-order valence-corrected chi connectivity index (χ3v) is 6.61. The van der Waals surface area contributed by atoms with Gasteiger partial charge in [0.2, 0.25) is 0 Å². The summed E-state index contributed by atoms with van der Waals surface area (Å²) in [7, 11) is 0. The first-order valence-corrected chi connectivity index (χ1v) is 11.2. The molecule has 30 heavy (non-hydrogen) atoms. The molecule has 2 nitrogen and oxygen atoms in total. The van der Waals surface area contributed by atoms with Gasteiger partial charge in [-0.1, -0.05) is 86.6 Å². The van der Waals surface area contributed by atoms with Crippen LogP contribution in [-0.2, 0) is 5.41 Å². The number of rotatable bonds is 7. The van der Waals surface area contributed by atoms with Crippen LogP contribution in [0.2, 0.25) is 0 Å². The Hall–Kier alpha value is -2.58. The van der Waals surface area contributed by atoms with E-state index in [-0.39, 0.29) is 5.41 Å². The van der Waals surface area contributed by atoms with Gasteiger partial charge in [-0.15, -0.1) is 0 Å². The predicted molar refractivity (Wildman–Crippen MR) is 125 cm³/mol.